The molecule has 1 saturated heterocycles. The Balaban J connectivity index is 1.79. The molecular formula is C8H13NO3. The molecular weight excluding hydrogens is 158 g/mol. The van der Waals surface area contributed by atoms with E-state index in [1.165, 1.54) is 6.92 Å². The zero-order chi connectivity index (χ0) is 8.72. The monoisotopic (exact) mass is 171 g/mol. The fraction of sp³-hybridized carbons (Fsp3) is 0.875. The third-order valence-electron chi connectivity index (χ3n) is 2.52. The average molecular weight is 171 g/mol. The molecule has 1 aliphatic carbocycles. The zero-order valence-corrected chi connectivity index (χ0v) is 7.03. The lowest BCUT2D eigenvalue weighted by atomic mass is 10.1. The fourth-order valence-corrected chi connectivity index (χ4v) is 1.87. The maximum absolute atomic E-state index is 10.5. The first-order valence-electron chi connectivity index (χ1n) is 4.23. The van der Waals surface area contributed by atoms with E-state index < -0.39 is 0 Å². The van der Waals surface area contributed by atoms with Crippen LogP contribution in [0.4, 0.5) is 0 Å². The molecule has 0 radical (unpaired) electrons. The van der Waals surface area contributed by atoms with Gasteiger partial charge in [0.15, 0.2) is 0 Å². The summed E-state index contributed by atoms with van der Waals surface area (Å²) in [5.41, 5.74) is 5.75. The van der Waals surface area contributed by atoms with Gasteiger partial charge in [0.25, 0.3) is 0 Å². The summed E-state index contributed by atoms with van der Waals surface area (Å²) in [5, 5.41) is 0. The first-order chi connectivity index (χ1) is 5.68. The van der Waals surface area contributed by atoms with Crippen molar-refractivity contribution < 1.29 is 14.3 Å². The molecule has 2 fully saturated rings. The van der Waals surface area contributed by atoms with Crippen molar-refractivity contribution in [2.24, 2.45) is 11.7 Å². The molecule has 1 aliphatic heterocycles. The van der Waals surface area contributed by atoms with E-state index in [2.05, 4.69) is 0 Å². The average Bonchev–Trinajstić information content (AvgIpc) is 2.71. The van der Waals surface area contributed by atoms with Gasteiger partial charge in [0, 0.05) is 18.9 Å². The first-order valence-corrected chi connectivity index (χ1v) is 4.23. The van der Waals surface area contributed by atoms with E-state index in [4.69, 9.17) is 15.2 Å². The van der Waals surface area contributed by atoms with Crippen LogP contribution in [-0.2, 0) is 14.3 Å². The quantitative estimate of drug-likeness (QED) is 0.456. The predicted octanol–water partition coefficient (Wildman–Crippen LogP) is -0.336. The number of hydrogen-bond donors (Lipinski definition) is 1. The molecule has 1 saturated carbocycles. The lowest BCUT2D eigenvalue weighted by Crippen LogP contribution is -2.24. The maximum atomic E-state index is 10.5. The molecule has 2 aliphatic rings. The van der Waals surface area contributed by atoms with Crippen molar-refractivity contribution in [3.05, 3.63) is 0 Å². The number of carbonyl (C=O) groups excluding carboxylic acids is 1. The van der Waals surface area contributed by atoms with Crippen molar-refractivity contribution in [3.63, 3.8) is 0 Å². The van der Waals surface area contributed by atoms with Gasteiger partial charge in [-0.2, -0.15) is 0 Å². The van der Waals surface area contributed by atoms with E-state index in [0.717, 1.165) is 6.42 Å². The summed E-state index contributed by atoms with van der Waals surface area (Å²) in [4.78, 5) is 10.5. The van der Waals surface area contributed by atoms with Crippen molar-refractivity contribution in [1.29, 1.82) is 0 Å². The number of carbonyl (C=O) groups is 1. The minimum atomic E-state index is -0.229. The van der Waals surface area contributed by atoms with Crippen molar-refractivity contribution in [2.45, 2.75) is 31.6 Å². The molecule has 0 aromatic rings. The highest BCUT2D eigenvalue weighted by Gasteiger charge is 2.55. The van der Waals surface area contributed by atoms with Crippen LogP contribution in [0.5, 0.6) is 0 Å². The lowest BCUT2D eigenvalue weighted by Gasteiger charge is -2.11. The number of esters is 1. The highest BCUT2D eigenvalue weighted by Crippen LogP contribution is 2.42. The highest BCUT2D eigenvalue weighted by atomic mass is 16.6. The maximum Gasteiger partial charge on any atom is 0.302 e. The first kappa shape index (κ1) is 8.01. The highest BCUT2D eigenvalue weighted by molar-refractivity contribution is 5.65. The number of hydrogen-bond acceptors (Lipinski definition) is 4. The van der Waals surface area contributed by atoms with Crippen LogP contribution in [0, 0.1) is 5.92 Å². The van der Waals surface area contributed by atoms with Gasteiger partial charge in [-0.25, -0.2) is 0 Å². The summed E-state index contributed by atoms with van der Waals surface area (Å²) in [5.74, 6) is 0.0987. The Bertz CT molecular complexity index is 206. The van der Waals surface area contributed by atoms with Gasteiger partial charge in [0.1, 0.15) is 0 Å². The lowest BCUT2D eigenvalue weighted by molar-refractivity contribution is -0.142. The topological polar surface area (TPSA) is 64.8 Å². The van der Waals surface area contributed by atoms with Crippen molar-refractivity contribution in [1.82, 2.24) is 0 Å². The van der Waals surface area contributed by atoms with Crippen LogP contribution in [-0.4, -0.2) is 30.8 Å². The SMILES string of the molecule is CC(=O)OCC1CC(N)C2OC12. The van der Waals surface area contributed by atoms with Gasteiger partial charge >= 0.3 is 5.97 Å². The standard InChI is InChI=1S/C8H13NO3/c1-4(10)11-3-5-2-6(9)8-7(5)12-8/h5-8H,2-3,9H2,1H3. The molecule has 0 aromatic heterocycles. The molecule has 0 aromatic carbocycles. The molecule has 0 bridgehead atoms. The molecule has 4 nitrogen and oxygen atoms in total. The molecule has 2 rings (SSSR count). The number of nitrogens with two attached hydrogens (primary N) is 1. The molecule has 68 valence electrons. The van der Waals surface area contributed by atoms with Gasteiger partial charge < -0.3 is 15.2 Å². The normalized spacial score (nSPS) is 43.8. The Morgan fingerprint density at radius 3 is 2.83 bits per heavy atom. The Labute approximate surface area is 71.0 Å². The predicted molar refractivity (Wildman–Crippen MR) is 41.4 cm³/mol. The summed E-state index contributed by atoms with van der Waals surface area (Å²) in [6, 6.07) is 0.149. The Morgan fingerprint density at radius 2 is 2.42 bits per heavy atom. The second-order valence-electron chi connectivity index (χ2n) is 3.53. The largest absolute Gasteiger partial charge is 0.465 e. The van der Waals surface area contributed by atoms with E-state index in [1.54, 1.807) is 0 Å². The number of rotatable bonds is 2. The van der Waals surface area contributed by atoms with E-state index in [-0.39, 0.29) is 24.2 Å². The van der Waals surface area contributed by atoms with Crippen LogP contribution in [0.2, 0.25) is 0 Å². The molecule has 12 heavy (non-hydrogen) atoms. The fourth-order valence-electron chi connectivity index (χ4n) is 1.87. The van der Waals surface area contributed by atoms with Gasteiger partial charge in [-0.3, -0.25) is 4.79 Å². The third-order valence-corrected chi connectivity index (χ3v) is 2.52. The minimum Gasteiger partial charge on any atom is -0.465 e. The van der Waals surface area contributed by atoms with Crippen LogP contribution in [0.25, 0.3) is 0 Å². The zero-order valence-electron chi connectivity index (χ0n) is 7.03. The van der Waals surface area contributed by atoms with Gasteiger partial charge in [0.05, 0.1) is 18.8 Å². The second-order valence-corrected chi connectivity index (χ2v) is 3.53. The summed E-state index contributed by atoms with van der Waals surface area (Å²) in [6.45, 7) is 1.88. The van der Waals surface area contributed by atoms with E-state index in [1.807, 2.05) is 0 Å². The van der Waals surface area contributed by atoms with E-state index in [9.17, 15) is 4.79 Å². The van der Waals surface area contributed by atoms with Crippen LogP contribution in [0.3, 0.4) is 0 Å². The van der Waals surface area contributed by atoms with Crippen molar-refractivity contribution >= 4 is 5.97 Å². The number of ether oxygens (including phenoxy) is 2. The summed E-state index contributed by atoms with van der Waals surface area (Å²) in [6.07, 6.45) is 1.42. The molecule has 4 unspecified atom stereocenters. The van der Waals surface area contributed by atoms with Crippen LogP contribution < -0.4 is 5.73 Å². The van der Waals surface area contributed by atoms with Crippen molar-refractivity contribution in [3.8, 4) is 0 Å². The van der Waals surface area contributed by atoms with Gasteiger partial charge in [-0.1, -0.05) is 0 Å². The molecule has 2 N–H and O–H groups in total. The van der Waals surface area contributed by atoms with E-state index >= 15 is 0 Å². The van der Waals surface area contributed by atoms with Gasteiger partial charge in [-0.15, -0.1) is 0 Å². The van der Waals surface area contributed by atoms with Crippen LogP contribution >= 0.6 is 0 Å². The van der Waals surface area contributed by atoms with Crippen LogP contribution in [0.1, 0.15) is 13.3 Å². The Hall–Kier alpha value is -0.610. The molecule has 0 amide bonds. The van der Waals surface area contributed by atoms with Crippen molar-refractivity contribution in [2.75, 3.05) is 6.61 Å². The third kappa shape index (κ3) is 1.32. The molecule has 4 heteroatoms. The Morgan fingerprint density at radius 1 is 1.67 bits per heavy atom. The Kier molecular flexibility index (Phi) is 1.81. The summed E-state index contributed by atoms with van der Waals surface area (Å²) in [7, 11) is 0. The second kappa shape index (κ2) is 2.71. The van der Waals surface area contributed by atoms with Gasteiger partial charge in [0.2, 0.25) is 0 Å². The molecule has 0 spiro atoms. The molecule has 4 atom stereocenters. The number of epoxide rings is 1. The molecule has 1 heterocycles. The van der Waals surface area contributed by atoms with Gasteiger partial charge in [-0.05, 0) is 6.42 Å². The smallest absolute Gasteiger partial charge is 0.302 e. The van der Waals surface area contributed by atoms with E-state index in [0.29, 0.717) is 12.5 Å². The van der Waals surface area contributed by atoms with Crippen LogP contribution in [0.15, 0.2) is 0 Å². The number of fused-ring (bicyclic) bond motifs is 1. The minimum absolute atomic E-state index is 0.149. The summed E-state index contributed by atoms with van der Waals surface area (Å²) < 4.78 is 10.2. The summed E-state index contributed by atoms with van der Waals surface area (Å²) >= 11 is 0.